The third-order valence-electron chi connectivity index (χ3n) is 2.21. The van der Waals surface area contributed by atoms with Crippen LogP contribution < -0.4 is 0 Å². The van der Waals surface area contributed by atoms with Gasteiger partial charge in [0.15, 0.2) is 0 Å². The van der Waals surface area contributed by atoms with Gasteiger partial charge in [-0.3, -0.25) is 4.68 Å². The molecule has 16 heavy (non-hydrogen) atoms. The van der Waals surface area contributed by atoms with E-state index >= 15 is 0 Å². The molecular weight excluding hydrogens is 208 g/mol. The standard InChI is InChI=1S/C11H18N2O3/c1-8(2)4-5-16-7-10-9(11(14)15)6-13(3)12-10/h6,8H,4-5,7H2,1-3H3,(H,14,15). The summed E-state index contributed by atoms with van der Waals surface area (Å²) >= 11 is 0. The molecule has 0 bridgehead atoms. The van der Waals surface area contributed by atoms with E-state index in [1.165, 1.54) is 10.9 Å². The van der Waals surface area contributed by atoms with E-state index in [1.807, 2.05) is 0 Å². The molecule has 0 atom stereocenters. The van der Waals surface area contributed by atoms with Crippen molar-refractivity contribution in [2.75, 3.05) is 6.61 Å². The SMILES string of the molecule is CC(C)CCOCc1nn(C)cc1C(=O)O. The first kappa shape index (κ1) is 12.7. The van der Waals surface area contributed by atoms with Crippen molar-refractivity contribution in [3.05, 3.63) is 17.5 Å². The van der Waals surface area contributed by atoms with E-state index in [4.69, 9.17) is 9.84 Å². The molecule has 0 spiro atoms. The van der Waals surface area contributed by atoms with Gasteiger partial charge in [-0.2, -0.15) is 5.10 Å². The maximum absolute atomic E-state index is 10.9. The molecule has 0 aliphatic heterocycles. The van der Waals surface area contributed by atoms with E-state index in [9.17, 15) is 4.79 Å². The first-order chi connectivity index (χ1) is 7.50. The van der Waals surface area contributed by atoms with E-state index in [0.29, 0.717) is 18.2 Å². The molecule has 1 heterocycles. The highest BCUT2D eigenvalue weighted by molar-refractivity contribution is 5.88. The molecule has 0 aromatic carbocycles. The van der Waals surface area contributed by atoms with E-state index in [2.05, 4.69) is 18.9 Å². The van der Waals surface area contributed by atoms with Gasteiger partial charge in [0.25, 0.3) is 0 Å². The number of carbonyl (C=O) groups is 1. The second kappa shape index (κ2) is 5.65. The van der Waals surface area contributed by atoms with E-state index in [-0.39, 0.29) is 12.2 Å². The number of nitrogens with zero attached hydrogens (tertiary/aromatic N) is 2. The van der Waals surface area contributed by atoms with Crippen LogP contribution in [0.15, 0.2) is 6.20 Å². The zero-order chi connectivity index (χ0) is 12.1. The number of hydrogen-bond donors (Lipinski definition) is 1. The maximum Gasteiger partial charge on any atom is 0.339 e. The molecular formula is C11H18N2O3. The summed E-state index contributed by atoms with van der Waals surface area (Å²) in [6, 6.07) is 0. The highest BCUT2D eigenvalue weighted by atomic mass is 16.5. The van der Waals surface area contributed by atoms with Gasteiger partial charge in [-0.1, -0.05) is 13.8 Å². The molecule has 0 saturated carbocycles. The van der Waals surface area contributed by atoms with Gasteiger partial charge < -0.3 is 9.84 Å². The summed E-state index contributed by atoms with van der Waals surface area (Å²) < 4.78 is 6.89. The summed E-state index contributed by atoms with van der Waals surface area (Å²) in [7, 11) is 1.70. The number of rotatable bonds is 6. The van der Waals surface area contributed by atoms with Gasteiger partial charge >= 0.3 is 5.97 Å². The minimum absolute atomic E-state index is 0.215. The molecule has 1 N–H and O–H groups in total. The zero-order valence-corrected chi connectivity index (χ0v) is 9.93. The lowest BCUT2D eigenvalue weighted by atomic mass is 10.1. The predicted molar refractivity (Wildman–Crippen MR) is 59.3 cm³/mol. The Hall–Kier alpha value is -1.36. The quantitative estimate of drug-likeness (QED) is 0.749. The van der Waals surface area contributed by atoms with Crippen molar-refractivity contribution in [3.8, 4) is 0 Å². The van der Waals surface area contributed by atoms with Crippen molar-refractivity contribution in [1.82, 2.24) is 9.78 Å². The van der Waals surface area contributed by atoms with Crippen molar-refractivity contribution in [1.29, 1.82) is 0 Å². The molecule has 0 unspecified atom stereocenters. The van der Waals surface area contributed by atoms with Crippen LogP contribution in [0.4, 0.5) is 0 Å². The maximum atomic E-state index is 10.9. The normalized spacial score (nSPS) is 11.0. The van der Waals surface area contributed by atoms with Gasteiger partial charge in [-0.15, -0.1) is 0 Å². The van der Waals surface area contributed by atoms with Crippen LogP contribution in [-0.4, -0.2) is 27.5 Å². The molecule has 0 amide bonds. The second-order valence-electron chi connectivity index (χ2n) is 4.20. The van der Waals surface area contributed by atoms with Crippen LogP contribution in [0.3, 0.4) is 0 Å². The molecule has 5 nitrogen and oxygen atoms in total. The molecule has 0 aliphatic rings. The van der Waals surface area contributed by atoms with Gasteiger partial charge in [0.2, 0.25) is 0 Å². The van der Waals surface area contributed by atoms with E-state index in [0.717, 1.165) is 6.42 Å². The number of carboxylic acid groups (broad SMARTS) is 1. The Bertz CT molecular complexity index is 358. The van der Waals surface area contributed by atoms with Crippen molar-refractivity contribution < 1.29 is 14.6 Å². The van der Waals surface area contributed by atoms with Crippen LogP contribution in [0, 0.1) is 5.92 Å². The van der Waals surface area contributed by atoms with Crippen molar-refractivity contribution >= 4 is 5.97 Å². The summed E-state index contributed by atoms with van der Waals surface area (Å²) in [5.41, 5.74) is 0.700. The minimum Gasteiger partial charge on any atom is -0.478 e. The molecule has 90 valence electrons. The summed E-state index contributed by atoms with van der Waals surface area (Å²) in [6.07, 6.45) is 2.46. The van der Waals surface area contributed by atoms with Gasteiger partial charge in [0.1, 0.15) is 11.3 Å². The predicted octanol–water partition coefficient (Wildman–Crippen LogP) is 1.68. The monoisotopic (exact) mass is 226 g/mol. The number of aromatic carboxylic acids is 1. The Balaban J connectivity index is 2.50. The van der Waals surface area contributed by atoms with Crippen LogP contribution in [0.2, 0.25) is 0 Å². The number of aromatic nitrogens is 2. The van der Waals surface area contributed by atoms with Crippen LogP contribution >= 0.6 is 0 Å². The van der Waals surface area contributed by atoms with Crippen LogP contribution in [0.25, 0.3) is 0 Å². The lowest BCUT2D eigenvalue weighted by molar-refractivity contribution is 0.0685. The average molecular weight is 226 g/mol. The van der Waals surface area contributed by atoms with Crippen LogP contribution in [0.1, 0.15) is 36.3 Å². The summed E-state index contributed by atoms with van der Waals surface area (Å²) in [5.74, 6) is -0.377. The molecule has 0 fully saturated rings. The number of hydrogen-bond acceptors (Lipinski definition) is 3. The molecule has 1 aromatic rings. The fraction of sp³-hybridized carbons (Fsp3) is 0.636. The molecule has 0 aliphatic carbocycles. The summed E-state index contributed by atoms with van der Waals surface area (Å²) in [5, 5.41) is 13.0. The lowest BCUT2D eigenvalue weighted by Gasteiger charge is -2.05. The highest BCUT2D eigenvalue weighted by Crippen LogP contribution is 2.08. The second-order valence-corrected chi connectivity index (χ2v) is 4.20. The van der Waals surface area contributed by atoms with Crippen molar-refractivity contribution in [3.63, 3.8) is 0 Å². The molecule has 1 aromatic heterocycles. The fourth-order valence-corrected chi connectivity index (χ4v) is 1.31. The average Bonchev–Trinajstić information content (AvgIpc) is 2.54. The van der Waals surface area contributed by atoms with Crippen LogP contribution in [0.5, 0.6) is 0 Å². The van der Waals surface area contributed by atoms with Gasteiger partial charge in [-0.25, -0.2) is 4.79 Å². The number of ether oxygens (including phenoxy) is 1. The Morgan fingerprint density at radius 3 is 2.88 bits per heavy atom. The number of carboxylic acids is 1. The van der Waals surface area contributed by atoms with Crippen molar-refractivity contribution in [2.24, 2.45) is 13.0 Å². The van der Waals surface area contributed by atoms with E-state index < -0.39 is 5.97 Å². The summed E-state index contributed by atoms with van der Waals surface area (Å²) in [6.45, 7) is 5.13. The summed E-state index contributed by atoms with van der Waals surface area (Å²) in [4.78, 5) is 10.9. The molecule has 0 radical (unpaired) electrons. The van der Waals surface area contributed by atoms with Gasteiger partial charge in [0, 0.05) is 19.9 Å². The topological polar surface area (TPSA) is 64.4 Å². The third kappa shape index (κ3) is 3.66. The first-order valence-electron chi connectivity index (χ1n) is 5.34. The Morgan fingerprint density at radius 2 is 2.31 bits per heavy atom. The first-order valence-corrected chi connectivity index (χ1v) is 5.34. The largest absolute Gasteiger partial charge is 0.478 e. The third-order valence-corrected chi connectivity index (χ3v) is 2.21. The van der Waals surface area contributed by atoms with Gasteiger partial charge in [-0.05, 0) is 12.3 Å². The Morgan fingerprint density at radius 1 is 1.62 bits per heavy atom. The lowest BCUT2D eigenvalue weighted by Crippen LogP contribution is -2.04. The number of aryl methyl sites for hydroxylation is 1. The minimum atomic E-state index is -0.962. The molecule has 5 heteroatoms. The van der Waals surface area contributed by atoms with Crippen molar-refractivity contribution in [2.45, 2.75) is 26.9 Å². The molecule has 1 rings (SSSR count). The van der Waals surface area contributed by atoms with E-state index in [1.54, 1.807) is 7.05 Å². The Labute approximate surface area is 95.0 Å². The highest BCUT2D eigenvalue weighted by Gasteiger charge is 2.14. The Kier molecular flexibility index (Phi) is 4.49. The zero-order valence-electron chi connectivity index (χ0n) is 9.93. The van der Waals surface area contributed by atoms with Crippen LogP contribution in [-0.2, 0) is 18.4 Å². The fourth-order valence-electron chi connectivity index (χ4n) is 1.31. The smallest absolute Gasteiger partial charge is 0.339 e. The molecule has 0 saturated heterocycles. The van der Waals surface area contributed by atoms with Gasteiger partial charge in [0.05, 0.1) is 6.61 Å².